The monoisotopic (exact) mass is 279 g/mol. The summed E-state index contributed by atoms with van der Waals surface area (Å²) in [7, 11) is 0. The lowest BCUT2D eigenvalue weighted by atomic mass is 10.0. The Hall–Kier alpha value is -0.550. The van der Waals surface area contributed by atoms with Crippen molar-refractivity contribution < 1.29 is 13.2 Å². The molecule has 1 unspecified atom stereocenters. The van der Waals surface area contributed by atoms with E-state index in [1.54, 1.807) is 0 Å². The molecule has 1 aromatic rings. The van der Waals surface area contributed by atoms with Gasteiger partial charge in [0.05, 0.1) is 4.47 Å². The van der Waals surface area contributed by atoms with Crippen molar-refractivity contribution in [1.82, 2.24) is 5.32 Å². The van der Waals surface area contributed by atoms with E-state index in [-0.39, 0.29) is 11.6 Å². The molecule has 1 nitrogen and oxygen atoms in total. The van der Waals surface area contributed by atoms with Crippen LogP contribution in [0.5, 0.6) is 0 Å². The number of halogens is 4. The smallest absolute Gasteiger partial charge is 0.176 e. The summed E-state index contributed by atoms with van der Waals surface area (Å²) in [6.07, 6.45) is 1.60. The minimum atomic E-state index is -1.15. The van der Waals surface area contributed by atoms with Crippen LogP contribution in [0.25, 0.3) is 0 Å². The van der Waals surface area contributed by atoms with Gasteiger partial charge in [0.15, 0.2) is 11.6 Å². The Morgan fingerprint density at radius 2 is 2.00 bits per heavy atom. The number of benzene rings is 1. The molecule has 5 heteroatoms. The van der Waals surface area contributed by atoms with Gasteiger partial charge in [0, 0.05) is 11.6 Å². The Balaban J connectivity index is 2.47. The molecule has 1 atom stereocenters. The molecule has 1 saturated heterocycles. The first-order valence-corrected chi connectivity index (χ1v) is 5.47. The van der Waals surface area contributed by atoms with Crippen LogP contribution in [-0.4, -0.2) is 6.54 Å². The fourth-order valence-corrected chi connectivity index (χ4v) is 2.08. The Morgan fingerprint density at radius 3 is 2.60 bits per heavy atom. The van der Waals surface area contributed by atoms with Crippen molar-refractivity contribution in [2.45, 2.75) is 18.9 Å². The van der Waals surface area contributed by atoms with Crippen LogP contribution in [0.2, 0.25) is 0 Å². The summed E-state index contributed by atoms with van der Waals surface area (Å²) in [5.74, 6) is -2.89. The summed E-state index contributed by atoms with van der Waals surface area (Å²) in [5.41, 5.74) is 0.0747. The molecule has 0 spiro atoms. The van der Waals surface area contributed by atoms with Gasteiger partial charge in [-0.2, -0.15) is 0 Å². The molecule has 0 aromatic heterocycles. The summed E-state index contributed by atoms with van der Waals surface area (Å²) in [4.78, 5) is 0. The van der Waals surface area contributed by atoms with Gasteiger partial charge >= 0.3 is 0 Å². The summed E-state index contributed by atoms with van der Waals surface area (Å²) < 4.78 is 39.4. The second kappa shape index (κ2) is 4.14. The van der Waals surface area contributed by atoms with Crippen molar-refractivity contribution in [3.05, 3.63) is 33.6 Å². The molecule has 15 heavy (non-hydrogen) atoms. The minimum Gasteiger partial charge on any atom is -0.310 e. The highest BCUT2D eigenvalue weighted by Gasteiger charge is 2.24. The summed E-state index contributed by atoms with van der Waals surface area (Å²) in [6.45, 7) is 0.753. The molecule has 1 N–H and O–H groups in total. The molecule has 0 radical (unpaired) electrons. The van der Waals surface area contributed by atoms with Gasteiger partial charge in [0.2, 0.25) is 0 Å². The van der Waals surface area contributed by atoms with Gasteiger partial charge in [-0.05, 0) is 41.4 Å². The van der Waals surface area contributed by atoms with Gasteiger partial charge in [0.25, 0.3) is 0 Å². The van der Waals surface area contributed by atoms with Crippen LogP contribution in [0.3, 0.4) is 0 Å². The van der Waals surface area contributed by atoms with Crippen LogP contribution in [-0.2, 0) is 0 Å². The predicted molar refractivity (Wildman–Crippen MR) is 54.0 cm³/mol. The molecule has 0 saturated carbocycles. The normalized spacial score (nSPS) is 20.9. The highest BCUT2D eigenvalue weighted by Crippen LogP contribution is 2.31. The maximum atomic E-state index is 13.5. The van der Waals surface area contributed by atoms with Crippen LogP contribution < -0.4 is 5.32 Å². The molecule has 0 aliphatic carbocycles. The van der Waals surface area contributed by atoms with E-state index in [1.807, 2.05) is 0 Å². The zero-order valence-corrected chi connectivity index (χ0v) is 9.37. The lowest BCUT2D eigenvalue weighted by Gasteiger charge is -2.13. The molecule has 0 amide bonds. The SMILES string of the molecule is Fc1cc(C2CCCN2)c(F)c(F)c1Br. The lowest BCUT2D eigenvalue weighted by Crippen LogP contribution is -2.15. The van der Waals surface area contributed by atoms with E-state index >= 15 is 0 Å². The highest BCUT2D eigenvalue weighted by molar-refractivity contribution is 9.10. The third-order valence-corrected chi connectivity index (χ3v) is 3.29. The highest BCUT2D eigenvalue weighted by atomic mass is 79.9. The molecule has 1 heterocycles. The molecule has 0 bridgehead atoms. The van der Waals surface area contributed by atoms with Crippen LogP contribution in [0.1, 0.15) is 24.4 Å². The second-order valence-electron chi connectivity index (χ2n) is 3.54. The average molecular weight is 280 g/mol. The molecule has 1 fully saturated rings. The van der Waals surface area contributed by atoms with Crippen molar-refractivity contribution in [2.75, 3.05) is 6.54 Å². The lowest BCUT2D eigenvalue weighted by molar-refractivity contribution is 0.462. The molecule has 1 aliphatic rings. The van der Waals surface area contributed by atoms with Crippen molar-refractivity contribution >= 4 is 15.9 Å². The topological polar surface area (TPSA) is 12.0 Å². The van der Waals surface area contributed by atoms with Gasteiger partial charge in [-0.25, -0.2) is 13.2 Å². The Labute approximate surface area is 93.8 Å². The van der Waals surface area contributed by atoms with Crippen molar-refractivity contribution in [2.24, 2.45) is 0 Å². The third-order valence-electron chi connectivity index (χ3n) is 2.57. The quantitative estimate of drug-likeness (QED) is 0.615. The number of hydrogen-bond acceptors (Lipinski definition) is 1. The van der Waals surface area contributed by atoms with Gasteiger partial charge in [0.1, 0.15) is 5.82 Å². The van der Waals surface area contributed by atoms with E-state index in [0.29, 0.717) is 6.42 Å². The van der Waals surface area contributed by atoms with Gasteiger partial charge in [-0.1, -0.05) is 0 Å². The third kappa shape index (κ3) is 1.90. The molecular weight excluding hydrogens is 271 g/mol. The van der Waals surface area contributed by atoms with E-state index in [0.717, 1.165) is 19.0 Å². The number of nitrogens with one attached hydrogen (secondary N) is 1. The summed E-state index contributed by atoms with van der Waals surface area (Å²) in [6, 6.07) is 0.771. The minimum absolute atomic E-state index is 0.0747. The van der Waals surface area contributed by atoms with Crippen LogP contribution in [0.15, 0.2) is 10.5 Å². The van der Waals surface area contributed by atoms with Gasteiger partial charge in [-0.3, -0.25) is 0 Å². The number of rotatable bonds is 1. The van der Waals surface area contributed by atoms with Crippen LogP contribution >= 0.6 is 15.9 Å². The Kier molecular flexibility index (Phi) is 3.02. The van der Waals surface area contributed by atoms with E-state index in [2.05, 4.69) is 21.2 Å². The Morgan fingerprint density at radius 1 is 1.27 bits per heavy atom. The van der Waals surface area contributed by atoms with Crippen LogP contribution in [0, 0.1) is 17.5 Å². The Bertz CT molecular complexity index is 389. The summed E-state index contributed by atoms with van der Waals surface area (Å²) >= 11 is 2.66. The average Bonchev–Trinajstić information content (AvgIpc) is 2.73. The molecule has 1 aliphatic heterocycles. The fraction of sp³-hybridized carbons (Fsp3) is 0.400. The molecule has 82 valence electrons. The van der Waals surface area contributed by atoms with E-state index in [1.165, 1.54) is 0 Å². The first kappa shape index (κ1) is 11.0. The standard InChI is InChI=1S/C10H9BrF3N/c11-8-6(12)4-5(9(13)10(8)14)7-2-1-3-15-7/h4,7,15H,1-3H2. The number of hydrogen-bond donors (Lipinski definition) is 1. The zero-order valence-electron chi connectivity index (χ0n) is 7.79. The fourth-order valence-electron chi connectivity index (χ4n) is 1.79. The first-order valence-electron chi connectivity index (χ1n) is 4.67. The first-order chi connectivity index (χ1) is 7.11. The summed E-state index contributed by atoms with van der Waals surface area (Å²) in [5, 5.41) is 3.00. The molecule has 2 rings (SSSR count). The second-order valence-corrected chi connectivity index (χ2v) is 4.33. The van der Waals surface area contributed by atoms with Gasteiger partial charge < -0.3 is 5.32 Å². The molecular formula is C10H9BrF3N. The predicted octanol–water partition coefficient (Wildman–Crippen LogP) is 3.29. The van der Waals surface area contributed by atoms with Crippen molar-refractivity contribution in [3.8, 4) is 0 Å². The maximum absolute atomic E-state index is 13.5. The van der Waals surface area contributed by atoms with Gasteiger partial charge in [-0.15, -0.1) is 0 Å². The van der Waals surface area contributed by atoms with Crippen molar-refractivity contribution in [3.63, 3.8) is 0 Å². The van der Waals surface area contributed by atoms with E-state index in [9.17, 15) is 13.2 Å². The zero-order chi connectivity index (χ0) is 11.0. The van der Waals surface area contributed by atoms with Crippen molar-refractivity contribution in [1.29, 1.82) is 0 Å². The largest absolute Gasteiger partial charge is 0.310 e. The van der Waals surface area contributed by atoms with Crippen LogP contribution in [0.4, 0.5) is 13.2 Å². The molecule has 1 aromatic carbocycles. The van der Waals surface area contributed by atoms with E-state index in [4.69, 9.17) is 0 Å². The maximum Gasteiger partial charge on any atom is 0.176 e. The van der Waals surface area contributed by atoms with E-state index < -0.39 is 21.9 Å².